The maximum Gasteiger partial charge on any atom is 0.229 e. The van der Waals surface area contributed by atoms with Crippen LogP contribution in [0.15, 0.2) is 29.2 Å². The van der Waals surface area contributed by atoms with Crippen molar-refractivity contribution in [3.63, 3.8) is 0 Å². The van der Waals surface area contributed by atoms with Gasteiger partial charge < -0.3 is 10.2 Å². The number of rotatable bonds is 4. The van der Waals surface area contributed by atoms with Gasteiger partial charge in [0.25, 0.3) is 0 Å². The fourth-order valence-corrected chi connectivity index (χ4v) is 2.79. The first-order chi connectivity index (χ1) is 9.15. The molecule has 2 rings (SSSR count). The first-order valence-corrected chi connectivity index (χ1v) is 7.59. The summed E-state index contributed by atoms with van der Waals surface area (Å²) in [6, 6.07) is 7.70. The predicted molar refractivity (Wildman–Crippen MR) is 77.2 cm³/mol. The van der Waals surface area contributed by atoms with Crippen LogP contribution in [0, 0.1) is 5.92 Å². The van der Waals surface area contributed by atoms with Crippen molar-refractivity contribution in [1.29, 1.82) is 0 Å². The molecule has 102 valence electrons. The molecular weight excluding hydrogens is 260 g/mol. The number of hydrogen-bond acceptors (Lipinski definition) is 3. The zero-order chi connectivity index (χ0) is 13.8. The fourth-order valence-electron chi connectivity index (χ4n) is 2.24. The van der Waals surface area contributed by atoms with Crippen molar-refractivity contribution in [1.82, 2.24) is 4.90 Å². The van der Waals surface area contributed by atoms with Gasteiger partial charge in [-0.3, -0.25) is 9.59 Å². The standard InChI is InChI=1S/C14H18N2O2S/c1-3-16-9-10(8-13(16)17)14(18)15-11-6-4-5-7-12(11)19-2/h4-7,10H,3,8-9H2,1-2H3,(H,15,18)/t10-/m0/s1. The number of anilines is 1. The van der Waals surface area contributed by atoms with Gasteiger partial charge in [-0.05, 0) is 25.3 Å². The lowest BCUT2D eigenvalue weighted by Gasteiger charge is -2.14. The highest BCUT2D eigenvalue weighted by atomic mass is 32.2. The molecule has 1 saturated heterocycles. The number of thioether (sulfide) groups is 1. The normalized spacial score (nSPS) is 18.7. The van der Waals surface area contributed by atoms with Crippen molar-refractivity contribution in [3.05, 3.63) is 24.3 Å². The van der Waals surface area contributed by atoms with Gasteiger partial charge in [-0.2, -0.15) is 0 Å². The Morgan fingerprint density at radius 3 is 2.84 bits per heavy atom. The van der Waals surface area contributed by atoms with E-state index in [0.717, 1.165) is 10.6 Å². The van der Waals surface area contributed by atoms with Gasteiger partial charge in [-0.25, -0.2) is 0 Å². The van der Waals surface area contributed by atoms with Gasteiger partial charge in [-0.1, -0.05) is 12.1 Å². The van der Waals surface area contributed by atoms with Crippen LogP contribution < -0.4 is 5.32 Å². The third-order valence-corrected chi connectivity index (χ3v) is 4.13. The van der Waals surface area contributed by atoms with E-state index in [9.17, 15) is 9.59 Å². The van der Waals surface area contributed by atoms with Crippen LogP contribution in [0.2, 0.25) is 0 Å². The molecule has 4 nitrogen and oxygen atoms in total. The summed E-state index contributed by atoms with van der Waals surface area (Å²) in [5.41, 5.74) is 0.822. The number of amides is 2. The molecule has 0 aliphatic carbocycles. The molecule has 5 heteroatoms. The van der Waals surface area contributed by atoms with Gasteiger partial charge in [0.15, 0.2) is 0 Å². The number of carbonyl (C=O) groups excluding carboxylic acids is 2. The molecule has 1 aliphatic rings. The molecule has 1 heterocycles. The Labute approximate surface area is 117 Å². The monoisotopic (exact) mass is 278 g/mol. The fraction of sp³-hybridized carbons (Fsp3) is 0.429. The lowest BCUT2D eigenvalue weighted by molar-refractivity contribution is -0.128. The lowest BCUT2D eigenvalue weighted by Crippen LogP contribution is -2.28. The predicted octanol–water partition coefficient (Wildman–Crippen LogP) is 2.22. The molecule has 2 amide bonds. The number of benzene rings is 1. The number of nitrogens with one attached hydrogen (secondary N) is 1. The average molecular weight is 278 g/mol. The Morgan fingerprint density at radius 2 is 2.21 bits per heavy atom. The Morgan fingerprint density at radius 1 is 1.47 bits per heavy atom. The van der Waals surface area contributed by atoms with Crippen LogP contribution in [0.1, 0.15) is 13.3 Å². The van der Waals surface area contributed by atoms with Gasteiger partial charge in [0, 0.05) is 24.4 Å². The van der Waals surface area contributed by atoms with E-state index < -0.39 is 0 Å². The Kier molecular flexibility index (Phi) is 4.47. The summed E-state index contributed by atoms with van der Waals surface area (Å²) in [7, 11) is 0. The third kappa shape index (κ3) is 3.10. The van der Waals surface area contributed by atoms with Crippen LogP contribution in [-0.2, 0) is 9.59 Å². The number of hydrogen-bond donors (Lipinski definition) is 1. The van der Waals surface area contributed by atoms with E-state index >= 15 is 0 Å². The molecule has 19 heavy (non-hydrogen) atoms. The number of nitrogens with zero attached hydrogens (tertiary/aromatic N) is 1. The van der Waals surface area contributed by atoms with E-state index in [1.165, 1.54) is 0 Å². The molecule has 0 aromatic heterocycles. The quantitative estimate of drug-likeness (QED) is 0.859. The maximum absolute atomic E-state index is 12.2. The minimum Gasteiger partial charge on any atom is -0.342 e. The minimum atomic E-state index is -0.234. The lowest BCUT2D eigenvalue weighted by atomic mass is 10.1. The topological polar surface area (TPSA) is 49.4 Å². The van der Waals surface area contributed by atoms with E-state index in [2.05, 4.69) is 5.32 Å². The van der Waals surface area contributed by atoms with Crippen LogP contribution in [-0.4, -0.2) is 36.1 Å². The van der Waals surface area contributed by atoms with Crippen molar-refractivity contribution in [2.45, 2.75) is 18.2 Å². The average Bonchev–Trinajstić information content (AvgIpc) is 2.80. The van der Waals surface area contributed by atoms with Crippen LogP contribution in [0.4, 0.5) is 5.69 Å². The van der Waals surface area contributed by atoms with Crippen LogP contribution >= 0.6 is 11.8 Å². The number of likely N-dealkylation sites (tertiary alicyclic amines) is 1. The van der Waals surface area contributed by atoms with E-state index in [1.54, 1.807) is 16.7 Å². The zero-order valence-corrected chi connectivity index (χ0v) is 12.0. The minimum absolute atomic E-state index is 0.0641. The molecule has 1 aliphatic heterocycles. The number of carbonyl (C=O) groups is 2. The summed E-state index contributed by atoms with van der Waals surface area (Å²) in [6.07, 6.45) is 2.30. The molecular formula is C14H18N2O2S. The van der Waals surface area contributed by atoms with Gasteiger partial charge in [0.2, 0.25) is 11.8 Å². The summed E-state index contributed by atoms with van der Waals surface area (Å²) < 4.78 is 0. The molecule has 1 atom stereocenters. The second kappa shape index (κ2) is 6.10. The van der Waals surface area contributed by atoms with E-state index in [1.807, 2.05) is 37.4 Å². The first kappa shape index (κ1) is 13.9. The Hall–Kier alpha value is -1.49. The van der Waals surface area contributed by atoms with Crippen LogP contribution in [0.5, 0.6) is 0 Å². The third-order valence-electron chi connectivity index (χ3n) is 3.33. The van der Waals surface area contributed by atoms with E-state index in [0.29, 0.717) is 19.5 Å². The molecule has 1 fully saturated rings. The SMILES string of the molecule is CCN1C[C@@H](C(=O)Nc2ccccc2SC)CC1=O. The van der Waals surface area contributed by atoms with E-state index in [4.69, 9.17) is 0 Å². The molecule has 1 N–H and O–H groups in total. The summed E-state index contributed by atoms with van der Waals surface area (Å²) in [5, 5.41) is 2.93. The Balaban J connectivity index is 2.04. The highest BCUT2D eigenvalue weighted by Crippen LogP contribution is 2.26. The van der Waals surface area contributed by atoms with Gasteiger partial charge >= 0.3 is 0 Å². The van der Waals surface area contributed by atoms with Crippen LogP contribution in [0.3, 0.4) is 0 Å². The van der Waals surface area contributed by atoms with Crippen molar-refractivity contribution < 1.29 is 9.59 Å². The second-order valence-corrected chi connectivity index (χ2v) is 5.37. The van der Waals surface area contributed by atoms with Crippen LogP contribution in [0.25, 0.3) is 0 Å². The second-order valence-electron chi connectivity index (χ2n) is 4.52. The van der Waals surface area contributed by atoms with Crippen molar-refractivity contribution in [3.8, 4) is 0 Å². The highest BCUT2D eigenvalue weighted by Gasteiger charge is 2.33. The smallest absolute Gasteiger partial charge is 0.229 e. The first-order valence-electron chi connectivity index (χ1n) is 6.37. The molecule has 1 aromatic carbocycles. The number of para-hydroxylation sites is 1. The highest BCUT2D eigenvalue weighted by molar-refractivity contribution is 7.98. The van der Waals surface area contributed by atoms with Gasteiger partial charge in [-0.15, -0.1) is 11.8 Å². The molecule has 1 aromatic rings. The molecule has 0 saturated carbocycles. The van der Waals surface area contributed by atoms with Crippen molar-refractivity contribution >= 4 is 29.3 Å². The maximum atomic E-state index is 12.2. The summed E-state index contributed by atoms with van der Waals surface area (Å²) in [6.45, 7) is 3.13. The van der Waals surface area contributed by atoms with E-state index in [-0.39, 0.29) is 17.7 Å². The van der Waals surface area contributed by atoms with Crippen molar-refractivity contribution in [2.24, 2.45) is 5.92 Å². The molecule has 0 spiro atoms. The summed E-state index contributed by atoms with van der Waals surface area (Å²) in [4.78, 5) is 26.6. The molecule has 0 bridgehead atoms. The zero-order valence-electron chi connectivity index (χ0n) is 11.2. The summed E-state index contributed by atoms with van der Waals surface area (Å²) >= 11 is 1.59. The summed E-state index contributed by atoms with van der Waals surface area (Å²) in [5.74, 6) is -0.228. The van der Waals surface area contributed by atoms with Gasteiger partial charge in [0.05, 0.1) is 11.6 Å². The van der Waals surface area contributed by atoms with Gasteiger partial charge in [0.1, 0.15) is 0 Å². The van der Waals surface area contributed by atoms with Crippen molar-refractivity contribution in [2.75, 3.05) is 24.7 Å². The Bertz CT molecular complexity index is 490. The molecule has 0 radical (unpaired) electrons. The molecule has 0 unspecified atom stereocenters. The largest absolute Gasteiger partial charge is 0.342 e.